The van der Waals surface area contributed by atoms with Crippen LogP contribution >= 0.6 is 0 Å². The molecule has 0 aromatic heterocycles. The fourth-order valence-electron chi connectivity index (χ4n) is 2.60. The van der Waals surface area contributed by atoms with E-state index in [2.05, 4.69) is 5.32 Å². The van der Waals surface area contributed by atoms with Crippen LogP contribution < -0.4 is 5.32 Å². The maximum absolute atomic E-state index is 13.7. The van der Waals surface area contributed by atoms with Gasteiger partial charge in [-0.3, -0.25) is 9.59 Å². The van der Waals surface area contributed by atoms with Crippen LogP contribution in [0, 0.1) is 11.7 Å². The van der Waals surface area contributed by atoms with Crippen LogP contribution in [0.2, 0.25) is 0 Å². The van der Waals surface area contributed by atoms with E-state index in [-0.39, 0.29) is 30.1 Å². The van der Waals surface area contributed by atoms with E-state index in [1.807, 2.05) is 0 Å². The number of ether oxygens (including phenoxy) is 1. The number of nitrogens with zero attached hydrogens (tertiary/aromatic N) is 1. The number of nitrogens with one attached hydrogen (secondary N) is 1. The lowest BCUT2D eigenvalue weighted by Gasteiger charge is -2.24. The molecule has 5 nitrogen and oxygen atoms in total. The van der Waals surface area contributed by atoms with Gasteiger partial charge in [-0.2, -0.15) is 0 Å². The SMILES string of the molecule is CC(=O)N(CCNC(=O)C1CCOCC1)Cc1ccccc1F. The van der Waals surface area contributed by atoms with Crippen LogP contribution in [0.5, 0.6) is 0 Å². The Bertz CT molecular complexity index is 544. The van der Waals surface area contributed by atoms with Gasteiger partial charge in [-0.05, 0) is 18.9 Å². The van der Waals surface area contributed by atoms with Crippen LogP contribution in [0.1, 0.15) is 25.3 Å². The van der Waals surface area contributed by atoms with E-state index < -0.39 is 0 Å². The zero-order valence-electron chi connectivity index (χ0n) is 13.4. The molecule has 1 aliphatic rings. The Morgan fingerprint density at radius 3 is 2.65 bits per heavy atom. The molecular formula is C17H23FN2O3. The third-order valence-electron chi connectivity index (χ3n) is 4.04. The quantitative estimate of drug-likeness (QED) is 0.867. The van der Waals surface area contributed by atoms with Gasteiger partial charge in [0.05, 0.1) is 0 Å². The molecule has 0 aliphatic carbocycles. The van der Waals surface area contributed by atoms with E-state index >= 15 is 0 Å². The predicted octanol–water partition coefficient (Wildman–Crippen LogP) is 1.72. The molecule has 0 unspecified atom stereocenters. The zero-order chi connectivity index (χ0) is 16.7. The van der Waals surface area contributed by atoms with Crippen molar-refractivity contribution in [2.24, 2.45) is 5.92 Å². The zero-order valence-corrected chi connectivity index (χ0v) is 13.4. The molecule has 2 amide bonds. The van der Waals surface area contributed by atoms with Crippen molar-refractivity contribution in [1.29, 1.82) is 0 Å². The van der Waals surface area contributed by atoms with Crippen molar-refractivity contribution in [2.75, 3.05) is 26.3 Å². The minimum Gasteiger partial charge on any atom is -0.381 e. The second-order valence-corrected chi connectivity index (χ2v) is 5.71. The van der Waals surface area contributed by atoms with Crippen LogP contribution in [-0.2, 0) is 20.9 Å². The number of hydrogen-bond acceptors (Lipinski definition) is 3. The molecule has 1 N–H and O–H groups in total. The summed E-state index contributed by atoms with van der Waals surface area (Å²) in [5, 5.41) is 2.86. The maximum Gasteiger partial charge on any atom is 0.223 e. The van der Waals surface area contributed by atoms with Crippen LogP contribution in [0.3, 0.4) is 0 Å². The first-order chi connectivity index (χ1) is 11.1. The third kappa shape index (κ3) is 5.32. The van der Waals surface area contributed by atoms with E-state index in [9.17, 15) is 14.0 Å². The first-order valence-corrected chi connectivity index (χ1v) is 7.92. The lowest BCUT2D eigenvalue weighted by Crippen LogP contribution is -2.40. The number of benzene rings is 1. The predicted molar refractivity (Wildman–Crippen MR) is 84.0 cm³/mol. The van der Waals surface area contributed by atoms with Crippen molar-refractivity contribution < 1.29 is 18.7 Å². The highest BCUT2D eigenvalue weighted by atomic mass is 19.1. The fourth-order valence-corrected chi connectivity index (χ4v) is 2.60. The van der Waals surface area contributed by atoms with E-state index in [4.69, 9.17) is 4.74 Å². The van der Waals surface area contributed by atoms with Gasteiger partial charge in [-0.25, -0.2) is 4.39 Å². The van der Waals surface area contributed by atoms with Gasteiger partial charge in [0.2, 0.25) is 11.8 Å². The van der Waals surface area contributed by atoms with Crippen molar-refractivity contribution in [3.63, 3.8) is 0 Å². The van der Waals surface area contributed by atoms with Gasteiger partial charge in [-0.15, -0.1) is 0 Å². The van der Waals surface area contributed by atoms with Gasteiger partial charge in [0.15, 0.2) is 0 Å². The number of carbonyl (C=O) groups is 2. The Labute approximate surface area is 135 Å². The molecule has 0 saturated carbocycles. The summed E-state index contributed by atoms with van der Waals surface area (Å²) in [7, 11) is 0. The minimum atomic E-state index is -0.329. The highest BCUT2D eigenvalue weighted by Crippen LogP contribution is 2.14. The topological polar surface area (TPSA) is 58.6 Å². The average Bonchev–Trinajstić information content (AvgIpc) is 2.56. The summed E-state index contributed by atoms with van der Waals surface area (Å²) in [4.78, 5) is 25.3. The van der Waals surface area contributed by atoms with Crippen LogP contribution in [0.25, 0.3) is 0 Å². The molecule has 0 spiro atoms. The molecule has 0 radical (unpaired) electrons. The number of carbonyl (C=O) groups excluding carboxylic acids is 2. The molecule has 0 atom stereocenters. The maximum atomic E-state index is 13.7. The Balaban J connectivity index is 1.82. The molecule has 1 fully saturated rings. The minimum absolute atomic E-state index is 0.00249. The number of halogens is 1. The lowest BCUT2D eigenvalue weighted by atomic mass is 9.99. The first-order valence-electron chi connectivity index (χ1n) is 7.92. The molecule has 1 aliphatic heterocycles. The smallest absolute Gasteiger partial charge is 0.223 e. The molecule has 2 rings (SSSR count). The summed E-state index contributed by atoms with van der Waals surface area (Å²) in [6, 6.07) is 6.39. The molecule has 1 saturated heterocycles. The molecule has 23 heavy (non-hydrogen) atoms. The second-order valence-electron chi connectivity index (χ2n) is 5.71. The number of amides is 2. The molecule has 126 valence electrons. The van der Waals surface area contributed by atoms with E-state index in [1.54, 1.807) is 18.2 Å². The third-order valence-corrected chi connectivity index (χ3v) is 4.04. The second kappa shape index (κ2) is 8.62. The molecule has 1 aromatic rings. The van der Waals surface area contributed by atoms with Crippen molar-refractivity contribution in [3.8, 4) is 0 Å². The highest BCUT2D eigenvalue weighted by Gasteiger charge is 2.21. The van der Waals surface area contributed by atoms with Crippen LogP contribution in [0.4, 0.5) is 4.39 Å². The van der Waals surface area contributed by atoms with Crippen molar-refractivity contribution in [2.45, 2.75) is 26.3 Å². The van der Waals surface area contributed by atoms with Crippen molar-refractivity contribution in [1.82, 2.24) is 10.2 Å². The lowest BCUT2D eigenvalue weighted by molar-refractivity contribution is -0.131. The van der Waals surface area contributed by atoms with E-state index in [0.29, 0.717) is 31.9 Å². The van der Waals surface area contributed by atoms with Crippen LogP contribution in [-0.4, -0.2) is 43.0 Å². The summed E-state index contributed by atoms with van der Waals surface area (Å²) in [6.45, 7) is 3.61. The molecule has 1 heterocycles. The molecule has 6 heteroatoms. The summed E-state index contributed by atoms with van der Waals surface area (Å²) in [5.41, 5.74) is 0.471. The Morgan fingerprint density at radius 1 is 1.30 bits per heavy atom. The summed E-state index contributed by atoms with van der Waals surface area (Å²) < 4.78 is 18.9. The van der Waals surface area contributed by atoms with Gasteiger partial charge in [-0.1, -0.05) is 18.2 Å². The Morgan fingerprint density at radius 2 is 2.00 bits per heavy atom. The molecule has 1 aromatic carbocycles. The van der Waals surface area contributed by atoms with Crippen LogP contribution in [0.15, 0.2) is 24.3 Å². The van der Waals surface area contributed by atoms with E-state index in [1.165, 1.54) is 17.9 Å². The van der Waals surface area contributed by atoms with Gasteiger partial charge in [0.1, 0.15) is 5.82 Å². The van der Waals surface area contributed by atoms with Crippen molar-refractivity contribution in [3.05, 3.63) is 35.6 Å². The molecular weight excluding hydrogens is 299 g/mol. The number of rotatable bonds is 6. The van der Waals surface area contributed by atoms with Gasteiger partial charge in [0.25, 0.3) is 0 Å². The number of hydrogen-bond donors (Lipinski definition) is 1. The highest BCUT2D eigenvalue weighted by molar-refractivity contribution is 5.78. The van der Waals surface area contributed by atoms with E-state index in [0.717, 1.165) is 12.8 Å². The van der Waals surface area contributed by atoms with Crippen molar-refractivity contribution >= 4 is 11.8 Å². The average molecular weight is 322 g/mol. The Hall–Kier alpha value is -1.95. The monoisotopic (exact) mass is 322 g/mol. The summed E-state index contributed by atoms with van der Waals surface area (Å²) >= 11 is 0. The van der Waals surface area contributed by atoms with Gasteiger partial charge in [0, 0.05) is 51.3 Å². The fraction of sp³-hybridized carbons (Fsp3) is 0.529. The first kappa shape index (κ1) is 17.4. The normalized spacial score (nSPS) is 15.2. The van der Waals surface area contributed by atoms with Gasteiger partial charge >= 0.3 is 0 Å². The summed E-state index contributed by atoms with van der Waals surface area (Å²) in [6.07, 6.45) is 1.47. The van der Waals surface area contributed by atoms with Gasteiger partial charge < -0.3 is 15.0 Å². The Kier molecular flexibility index (Phi) is 6.52. The summed E-state index contributed by atoms with van der Waals surface area (Å²) in [5.74, 6) is -0.484. The molecule has 0 bridgehead atoms. The standard InChI is InChI=1S/C17H23FN2O3/c1-13(21)20(12-15-4-2-3-5-16(15)18)9-8-19-17(22)14-6-10-23-11-7-14/h2-5,14H,6-12H2,1H3,(H,19,22). The largest absolute Gasteiger partial charge is 0.381 e.